The summed E-state index contributed by atoms with van der Waals surface area (Å²) in [5.41, 5.74) is 1.03. The van der Waals surface area contributed by atoms with Gasteiger partial charge in [0.25, 0.3) is 0 Å². The number of nitrogens with zero attached hydrogens (tertiary/aromatic N) is 2. The maximum Gasteiger partial charge on any atom is 0.138 e. The predicted molar refractivity (Wildman–Crippen MR) is 62.8 cm³/mol. The molecule has 0 aliphatic heterocycles. The van der Waals surface area contributed by atoms with Crippen molar-refractivity contribution in [1.29, 1.82) is 0 Å². The molecule has 0 atom stereocenters. The van der Waals surface area contributed by atoms with Gasteiger partial charge < -0.3 is 10.1 Å². The third kappa shape index (κ3) is 5.11. The van der Waals surface area contributed by atoms with E-state index >= 15 is 0 Å². The molecule has 1 aromatic heterocycles. The SMILES string of the molecule is COCCNCc1ccnc(CSC)n1. The molecule has 0 saturated carbocycles. The number of rotatable bonds is 7. The standard InChI is InChI=1S/C10H17N3OS/c1-14-6-5-11-7-9-3-4-12-10(13-9)8-15-2/h3-4,11H,5-8H2,1-2H3. The van der Waals surface area contributed by atoms with Crippen LogP contribution in [0, 0.1) is 0 Å². The van der Waals surface area contributed by atoms with Gasteiger partial charge in [0.05, 0.1) is 18.1 Å². The van der Waals surface area contributed by atoms with Gasteiger partial charge in [0, 0.05) is 26.4 Å². The molecule has 0 amide bonds. The lowest BCUT2D eigenvalue weighted by Gasteiger charge is -2.04. The summed E-state index contributed by atoms with van der Waals surface area (Å²) in [5, 5.41) is 3.25. The maximum absolute atomic E-state index is 4.94. The average molecular weight is 227 g/mol. The first-order chi connectivity index (χ1) is 7.36. The highest BCUT2D eigenvalue weighted by Gasteiger charge is 1.98. The van der Waals surface area contributed by atoms with Crippen LogP contribution in [0.1, 0.15) is 11.5 Å². The number of methoxy groups -OCH3 is 1. The molecule has 0 aromatic carbocycles. The summed E-state index contributed by atoms with van der Waals surface area (Å²) in [6.07, 6.45) is 3.86. The monoisotopic (exact) mass is 227 g/mol. The van der Waals surface area contributed by atoms with Gasteiger partial charge in [0.2, 0.25) is 0 Å². The molecule has 1 heterocycles. The minimum absolute atomic E-state index is 0.725. The second kappa shape index (κ2) is 7.62. The van der Waals surface area contributed by atoms with Crippen LogP contribution in [0.3, 0.4) is 0 Å². The van der Waals surface area contributed by atoms with Gasteiger partial charge in [0.15, 0.2) is 0 Å². The van der Waals surface area contributed by atoms with Crippen molar-refractivity contribution < 1.29 is 4.74 Å². The third-order valence-corrected chi connectivity index (χ3v) is 2.37. The van der Waals surface area contributed by atoms with E-state index in [0.29, 0.717) is 0 Å². The van der Waals surface area contributed by atoms with Crippen LogP contribution >= 0.6 is 11.8 Å². The molecule has 0 aliphatic rings. The lowest BCUT2D eigenvalue weighted by molar-refractivity contribution is 0.199. The van der Waals surface area contributed by atoms with Gasteiger partial charge in [-0.3, -0.25) is 0 Å². The van der Waals surface area contributed by atoms with Crippen LogP contribution in [-0.2, 0) is 17.0 Å². The molecule has 15 heavy (non-hydrogen) atoms. The van der Waals surface area contributed by atoms with Gasteiger partial charge in [0.1, 0.15) is 5.82 Å². The van der Waals surface area contributed by atoms with Gasteiger partial charge in [-0.25, -0.2) is 9.97 Å². The Hall–Kier alpha value is -0.650. The number of ether oxygens (including phenoxy) is 1. The highest BCUT2D eigenvalue weighted by Crippen LogP contribution is 2.03. The van der Waals surface area contributed by atoms with Crippen LogP contribution in [0.2, 0.25) is 0 Å². The van der Waals surface area contributed by atoms with Crippen molar-refractivity contribution in [2.24, 2.45) is 0 Å². The van der Waals surface area contributed by atoms with E-state index in [1.807, 2.05) is 18.5 Å². The molecule has 0 unspecified atom stereocenters. The first-order valence-corrected chi connectivity index (χ1v) is 6.25. The zero-order chi connectivity index (χ0) is 10.9. The smallest absolute Gasteiger partial charge is 0.138 e. The van der Waals surface area contributed by atoms with Crippen LogP contribution in [0.5, 0.6) is 0 Å². The third-order valence-electron chi connectivity index (χ3n) is 1.83. The molecule has 0 bridgehead atoms. The lowest BCUT2D eigenvalue weighted by Crippen LogP contribution is -2.19. The summed E-state index contributed by atoms with van der Waals surface area (Å²) in [4.78, 5) is 8.61. The minimum atomic E-state index is 0.725. The first kappa shape index (κ1) is 12.4. The molecular formula is C10H17N3OS. The second-order valence-electron chi connectivity index (χ2n) is 3.07. The Morgan fingerprint density at radius 1 is 1.53 bits per heavy atom. The zero-order valence-electron chi connectivity index (χ0n) is 9.19. The topological polar surface area (TPSA) is 47.0 Å². The quantitative estimate of drug-likeness (QED) is 0.706. The number of hydrogen-bond donors (Lipinski definition) is 1. The van der Waals surface area contributed by atoms with E-state index in [2.05, 4.69) is 15.3 Å². The van der Waals surface area contributed by atoms with Crippen molar-refractivity contribution in [3.05, 3.63) is 23.8 Å². The molecule has 0 spiro atoms. The van der Waals surface area contributed by atoms with Crippen LogP contribution < -0.4 is 5.32 Å². The fraction of sp³-hybridized carbons (Fsp3) is 0.600. The van der Waals surface area contributed by atoms with Crippen LogP contribution in [0.4, 0.5) is 0 Å². The van der Waals surface area contributed by atoms with Gasteiger partial charge in [-0.1, -0.05) is 0 Å². The molecule has 0 fully saturated rings. The zero-order valence-corrected chi connectivity index (χ0v) is 10.0. The normalized spacial score (nSPS) is 10.5. The number of nitrogens with one attached hydrogen (secondary N) is 1. The van der Waals surface area contributed by atoms with E-state index in [1.165, 1.54) is 0 Å². The summed E-state index contributed by atoms with van der Waals surface area (Å²) < 4.78 is 4.94. The van der Waals surface area contributed by atoms with Crippen LogP contribution in [0.15, 0.2) is 12.3 Å². The number of aromatic nitrogens is 2. The number of hydrogen-bond acceptors (Lipinski definition) is 5. The van der Waals surface area contributed by atoms with Crippen molar-refractivity contribution >= 4 is 11.8 Å². The molecular weight excluding hydrogens is 210 g/mol. The fourth-order valence-electron chi connectivity index (χ4n) is 1.13. The Labute approximate surface area is 94.8 Å². The second-order valence-corrected chi connectivity index (χ2v) is 3.93. The molecule has 1 N–H and O–H groups in total. The van der Waals surface area contributed by atoms with Crippen molar-refractivity contribution in [2.45, 2.75) is 12.3 Å². The summed E-state index contributed by atoms with van der Waals surface area (Å²) in [6, 6.07) is 1.93. The van der Waals surface area contributed by atoms with Gasteiger partial charge >= 0.3 is 0 Å². The molecule has 0 aliphatic carbocycles. The summed E-state index contributed by atoms with van der Waals surface area (Å²) >= 11 is 1.73. The summed E-state index contributed by atoms with van der Waals surface area (Å²) in [7, 11) is 1.70. The highest BCUT2D eigenvalue weighted by atomic mass is 32.2. The van der Waals surface area contributed by atoms with Crippen LogP contribution in [0.25, 0.3) is 0 Å². The molecule has 5 heteroatoms. The maximum atomic E-state index is 4.94. The average Bonchev–Trinajstić information content (AvgIpc) is 2.26. The molecule has 0 saturated heterocycles. The lowest BCUT2D eigenvalue weighted by atomic mass is 10.4. The molecule has 0 radical (unpaired) electrons. The first-order valence-electron chi connectivity index (χ1n) is 4.86. The Morgan fingerprint density at radius 3 is 3.13 bits per heavy atom. The van der Waals surface area contributed by atoms with Gasteiger partial charge in [-0.2, -0.15) is 11.8 Å². The van der Waals surface area contributed by atoms with Crippen molar-refractivity contribution in [2.75, 3.05) is 26.5 Å². The van der Waals surface area contributed by atoms with Crippen molar-refractivity contribution in [3.8, 4) is 0 Å². The molecule has 84 valence electrons. The van der Waals surface area contributed by atoms with Gasteiger partial charge in [-0.05, 0) is 12.3 Å². The Kier molecular flexibility index (Phi) is 6.31. The van der Waals surface area contributed by atoms with Crippen molar-refractivity contribution in [3.63, 3.8) is 0 Å². The number of thioether (sulfide) groups is 1. The Morgan fingerprint density at radius 2 is 2.40 bits per heavy atom. The van der Waals surface area contributed by atoms with E-state index in [-0.39, 0.29) is 0 Å². The molecule has 4 nitrogen and oxygen atoms in total. The fourth-order valence-corrected chi connectivity index (χ4v) is 1.53. The summed E-state index contributed by atoms with van der Waals surface area (Å²) in [5.74, 6) is 1.76. The van der Waals surface area contributed by atoms with E-state index in [0.717, 1.165) is 37.0 Å². The van der Waals surface area contributed by atoms with E-state index in [4.69, 9.17) is 4.74 Å². The van der Waals surface area contributed by atoms with E-state index in [1.54, 1.807) is 18.9 Å². The van der Waals surface area contributed by atoms with E-state index < -0.39 is 0 Å². The Balaban J connectivity index is 2.36. The highest BCUT2D eigenvalue weighted by molar-refractivity contribution is 7.97. The predicted octanol–water partition coefficient (Wildman–Crippen LogP) is 1.08. The van der Waals surface area contributed by atoms with E-state index in [9.17, 15) is 0 Å². The summed E-state index contributed by atoms with van der Waals surface area (Å²) in [6.45, 7) is 2.34. The van der Waals surface area contributed by atoms with Gasteiger partial charge in [-0.15, -0.1) is 0 Å². The Bertz CT molecular complexity index is 283. The minimum Gasteiger partial charge on any atom is -0.383 e. The largest absolute Gasteiger partial charge is 0.383 e. The molecule has 1 rings (SSSR count). The van der Waals surface area contributed by atoms with Crippen LogP contribution in [-0.4, -0.2) is 36.5 Å². The van der Waals surface area contributed by atoms with Crippen molar-refractivity contribution in [1.82, 2.24) is 15.3 Å². The molecule has 1 aromatic rings.